The highest BCUT2D eigenvalue weighted by Crippen LogP contribution is 2.00. The van der Waals surface area contributed by atoms with E-state index in [9.17, 15) is 4.79 Å². The number of carbonyl (C=O) groups excluding carboxylic acids is 1. The van der Waals surface area contributed by atoms with Crippen LogP contribution < -0.4 is 5.73 Å². The standard InChI is InChI=1S/C7H13NO/c1-3-4-5-6(2)7(8)9/h3-4,6H,5H2,1-2H3,(H2,8,9). The average Bonchev–Trinajstić information content (AvgIpc) is 1.82. The quantitative estimate of drug-likeness (QED) is 0.566. The first-order chi connectivity index (χ1) is 4.18. The smallest absolute Gasteiger partial charge is 0.220 e. The highest BCUT2D eigenvalue weighted by molar-refractivity contribution is 5.76. The van der Waals surface area contributed by atoms with E-state index in [1.165, 1.54) is 0 Å². The Morgan fingerprint density at radius 1 is 1.78 bits per heavy atom. The van der Waals surface area contributed by atoms with Gasteiger partial charge in [-0.1, -0.05) is 19.1 Å². The highest BCUT2D eigenvalue weighted by Gasteiger charge is 2.03. The second-order valence-electron chi connectivity index (χ2n) is 2.11. The van der Waals surface area contributed by atoms with Crippen molar-refractivity contribution in [1.29, 1.82) is 0 Å². The summed E-state index contributed by atoms with van der Waals surface area (Å²) in [5.74, 6) is -0.255. The molecule has 1 unspecified atom stereocenters. The zero-order chi connectivity index (χ0) is 7.28. The molecule has 0 fully saturated rings. The fourth-order valence-electron chi connectivity index (χ4n) is 0.456. The van der Waals surface area contributed by atoms with E-state index in [1.807, 2.05) is 26.0 Å². The van der Waals surface area contributed by atoms with Crippen LogP contribution in [0.1, 0.15) is 20.3 Å². The first-order valence-electron chi connectivity index (χ1n) is 3.09. The van der Waals surface area contributed by atoms with Crippen molar-refractivity contribution in [3.8, 4) is 0 Å². The fourth-order valence-corrected chi connectivity index (χ4v) is 0.456. The molecule has 0 aliphatic rings. The van der Waals surface area contributed by atoms with Crippen molar-refractivity contribution < 1.29 is 4.79 Å². The van der Waals surface area contributed by atoms with Gasteiger partial charge in [0.2, 0.25) is 5.91 Å². The maximum absolute atomic E-state index is 10.4. The number of hydrogen-bond acceptors (Lipinski definition) is 1. The summed E-state index contributed by atoms with van der Waals surface area (Å²) in [7, 11) is 0. The van der Waals surface area contributed by atoms with Gasteiger partial charge in [-0.05, 0) is 13.3 Å². The normalized spacial score (nSPS) is 14.0. The van der Waals surface area contributed by atoms with E-state index in [2.05, 4.69) is 0 Å². The Hall–Kier alpha value is -0.790. The van der Waals surface area contributed by atoms with Crippen LogP contribution in [0.3, 0.4) is 0 Å². The van der Waals surface area contributed by atoms with Crippen LogP contribution in [0.25, 0.3) is 0 Å². The molecule has 2 nitrogen and oxygen atoms in total. The largest absolute Gasteiger partial charge is 0.369 e. The summed E-state index contributed by atoms with van der Waals surface area (Å²) in [6.45, 7) is 3.75. The SMILES string of the molecule is CC=CCC(C)C(N)=O. The van der Waals surface area contributed by atoms with Crippen molar-refractivity contribution in [2.45, 2.75) is 20.3 Å². The van der Waals surface area contributed by atoms with Crippen LogP contribution in [0.4, 0.5) is 0 Å². The summed E-state index contributed by atoms with van der Waals surface area (Å²) in [6, 6.07) is 0. The molecule has 2 N–H and O–H groups in total. The summed E-state index contributed by atoms with van der Waals surface area (Å²) in [5, 5.41) is 0. The molecule has 0 aromatic heterocycles. The van der Waals surface area contributed by atoms with Crippen molar-refractivity contribution in [1.82, 2.24) is 0 Å². The van der Waals surface area contributed by atoms with Crippen LogP contribution in [0, 0.1) is 5.92 Å². The molecular formula is C7H13NO. The molecule has 0 saturated carbocycles. The summed E-state index contributed by atoms with van der Waals surface area (Å²) in [6.07, 6.45) is 4.61. The minimum Gasteiger partial charge on any atom is -0.369 e. The van der Waals surface area contributed by atoms with Crippen molar-refractivity contribution in [2.24, 2.45) is 11.7 Å². The molecule has 1 amide bonds. The van der Waals surface area contributed by atoms with Gasteiger partial charge in [0, 0.05) is 5.92 Å². The lowest BCUT2D eigenvalue weighted by atomic mass is 10.1. The van der Waals surface area contributed by atoms with Gasteiger partial charge in [0.25, 0.3) is 0 Å². The van der Waals surface area contributed by atoms with Gasteiger partial charge in [0.15, 0.2) is 0 Å². The zero-order valence-electron chi connectivity index (χ0n) is 5.92. The number of rotatable bonds is 3. The molecular weight excluding hydrogens is 114 g/mol. The predicted molar refractivity (Wildman–Crippen MR) is 37.8 cm³/mol. The van der Waals surface area contributed by atoms with Gasteiger partial charge in [-0.2, -0.15) is 0 Å². The van der Waals surface area contributed by atoms with Crippen LogP contribution in [0.15, 0.2) is 12.2 Å². The first kappa shape index (κ1) is 8.21. The Bertz CT molecular complexity index is 118. The van der Waals surface area contributed by atoms with Crippen molar-refractivity contribution >= 4 is 5.91 Å². The average molecular weight is 127 g/mol. The van der Waals surface area contributed by atoms with E-state index in [-0.39, 0.29) is 11.8 Å². The van der Waals surface area contributed by atoms with Gasteiger partial charge in [0.1, 0.15) is 0 Å². The lowest BCUT2D eigenvalue weighted by Crippen LogP contribution is -2.19. The first-order valence-corrected chi connectivity index (χ1v) is 3.09. The third-order valence-corrected chi connectivity index (χ3v) is 1.21. The molecule has 52 valence electrons. The van der Waals surface area contributed by atoms with Crippen LogP contribution in [-0.2, 0) is 4.79 Å². The molecule has 0 aliphatic carbocycles. The molecule has 0 saturated heterocycles. The monoisotopic (exact) mass is 127 g/mol. The van der Waals surface area contributed by atoms with E-state index in [4.69, 9.17) is 5.73 Å². The molecule has 9 heavy (non-hydrogen) atoms. The third-order valence-electron chi connectivity index (χ3n) is 1.21. The number of amides is 1. The highest BCUT2D eigenvalue weighted by atomic mass is 16.1. The summed E-state index contributed by atoms with van der Waals surface area (Å²) >= 11 is 0. The Labute approximate surface area is 55.7 Å². The van der Waals surface area contributed by atoms with Gasteiger partial charge in [-0.3, -0.25) is 4.79 Å². The molecule has 0 aromatic rings. The van der Waals surface area contributed by atoms with Gasteiger partial charge in [0.05, 0.1) is 0 Å². The van der Waals surface area contributed by atoms with Crippen molar-refractivity contribution in [2.75, 3.05) is 0 Å². The maximum Gasteiger partial charge on any atom is 0.220 e. The maximum atomic E-state index is 10.4. The number of primary amides is 1. The Morgan fingerprint density at radius 2 is 2.33 bits per heavy atom. The van der Waals surface area contributed by atoms with Crippen LogP contribution in [-0.4, -0.2) is 5.91 Å². The number of nitrogens with two attached hydrogens (primary N) is 1. The van der Waals surface area contributed by atoms with Gasteiger partial charge in [-0.15, -0.1) is 0 Å². The Morgan fingerprint density at radius 3 is 2.67 bits per heavy atom. The van der Waals surface area contributed by atoms with E-state index >= 15 is 0 Å². The second kappa shape index (κ2) is 4.13. The van der Waals surface area contributed by atoms with Crippen molar-refractivity contribution in [3.63, 3.8) is 0 Å². The van der Waals surface area contributed by atoms with E-state index in [0.29, 0.717) is 0 Å². The summed E-state index contributed by atoms with van der Waals surface area (Å²) in [4.78, 5) is 10.4. The minimum atomic E-state index is -0.229. The van der Waals surface area contributed by atoms with Gasteiger partial charge >= 0.3 is 0 Å². The lowest BCUT2D eigenvalue weighted by molar-refractivity contribution is -0.121. The lowest BCUT2D eigenvalue weighted by Gasteiger charge is -1.99. The molecule has 0 heterocycles. The molecule has 0 radical (unpaired) electrons. The Balaban J connectivity index is 3.50. The molecule has 1 atom stereocenters. The summed E-state index contributed by atoms with van der Waals surface area (Å²) < 4.78 is 0. The van der Waals surface area contributed by atoms with Crippen LogP contribution in [0.5, 0.6) is 0 Å². The number of hydrogen-bond donors (Lipinski definition) is 1. The van der Waals surface area contributed by atoms with E-state index in [0.717, 1.165) is 6.42 Å². The molecule has 0 bridgehead atoms. The summed E-state index contributed by atoms with van der Waals surface area (Å²) in [5.41, 5.74) is 5.00. The molecule has 0 rings (SSSR count). The van der Waals surface area contributed by atoms with Crippen LogP contribution >= 0.6 is 0 Å². The predicted octanol–water partition coefficient (Wildman–Crippen LogP) is 1.07. The van der Waals surface area contributed by atoms with E-state index in [1.54, 1.807) is 0 Å². The molecule has 0 aromatic carbocycles. The number of allylic oxidation sites excluding steroid dienone is 2. The van der Waals surface area contributed by atoms with Gasteiger partial charge < -0.3 is 5.73 Å². The Kier molecular flexibility index (Phi) is 3.76. The third kappa shape index (κ3) is 3.76. The van der Waals surface area contributed by atoms with Gasteiger partial charge in [-0.25, -0.2) is 0 Å². The van der Waals surface area contributed by atoms with E-state index < -0.39 is 0 Å². The fraction of sp³-hybridized carbons (Fsp3) is 0.571. The molecule has 0 aliphatic heterocycles. The molecule has 0 spiro atoms. The van der Waals surface area contributed by atoms with Crippen molar-refractivity contribution in [3.05, 3.63) is 12.2 Å². The topological polar surface area (TPSA) is 43.1 Å². The minimum absolute atomic E-state index is 0.0267. The zero-order valence-corrected chi connectivity index (χ0v) is 5.92. The molecule has 2 heteroatoms. The van der Waals surface area contributed by atoms with Crippen LogP contribution in [0.2, 0.25) is 0 Å². The number of carbonyl (C=O) groups is 1. The second-order valence-corrected chi connectivity index (χ2v) is 2.11.